The summed E-state index contributed by atoms with van der Waals surface area (Å²) in [6, 6.07) is 3.28. The van der Waals surface area contributed by atoms with Crippen LogP contribution in [0.25, 0.3) is 11.1 Å². The van der Waals surface area contributed by atoms with Crippen LogP contribution < -0.4 is 0 Å². The highest BCUT2D eigenvalue weighted by Gasteiger charge is 2.09. The SMILES string of the molecule is Cc1cnc(Cl)cc1-c1c[nH]c(C(=O)O)c1. The van der Waals surface area contributed by atoms with Gasteiger partial charge in [0, 0.05) is 18.0 Å². The van der Waals surface area contributed by atoms with E-state index in [1.807, 2.05) is 6.92 Å². The molecule has 82 valence electrons. The number of nitrogens with one attached hydrogen (secondary N) is 1. The molecule has 0 aromatic carbocycles. The van der Waals surface area contributed by atoms with Gasteiger partial charge in [-0.2, -0.15) is 0 Å². The Balaban J connectivity index is 2.50. The zero-order chi connectivity index (χ0) is 11.7. The first-order chi connectivity index (χ1) is 7.58. The van der Waals surface area contributed by atoms with E-state index in [0.717, 1.165) is 16.7 Å². The smallest absolute Gasteiger partial charge is 0.352 e. The van der Waals surface area contributed by atoms with Crippen molar-refractivity contribution in [2.45, 2.75) is 6.92 Å². The van der Waals surface area contributed by atoms with E-state index < -0.39 is 5.97 Å². The molecule has 4 nitrogen and oxygen atoms in total. The van der Waals surface area contributed by atoms with Gasteiger partial charge in [-0.25, -0.2) is 9.78 Å². The van der Waals surface area contributed by atoms with Crippen LogP contribution in [0.5, 0.6) is 0 Å². The molecular formula is C11H9ClN2O2. The van der Waals surface area contributed by atoms with Crippen molar-refractivity contribution >= 4 is 17.6 Å². The van der Waals surface area contributed by atoms with Gasteiger partial charge in [-0.05, 0) is 30.2 Å². The van der Waals surface area contributed by atoms with Crippen LogP contribution in [0.15, 0.2) is 24.5 Å². The Hall–Kier alpha value is -1.81. The summed E-state index contributed by atoms with van der Waals surface area (Å²) >= 11 is 5.80. The van der Waals surface area contributed by atoms with Crippen molar-refractivity contribution in [3.8, 4) is 11.1 Å². The Kier molecular flexibility index (Phi) is 2.66. The molecule has 0 bridgehead atoms. The Morgan fingerprint density at radius 1 is 1.50 bits per heavy atom. The number of rotatable bonds is 2. The van der Waals surface area contributed by atoms with E-state index >= 15 is 0 Å². The lowest BCUT2D eigenvalue weighted by Gasteiger charge is -2.02. The zero-order valence-electron chi connectivity index (χ0n) is 8.49. The molecule has 0 radical (unpaired) electrons. The Labute approximate surface area is 96.9 Å². The van der Waals surface area contributed by atoms with Gasteiger partial charge in [-0.1, -0.05) is 11.6 Å². The molecule has 0 saturated carbocycles. The van der Waals surface area contributed by atoms with Crippen LogP contribution >= 0.6 is 11.6 Å². The third-order valence-electron chi connectivity index (χ3n) is 2.29. The summed E-state index contributed by atoms with van der Waals surface area (Å²) in [7, 11) is 0. The summed E-state index contributed by atoms with van der Waals surface area (Å²) < 4.78 is 0. The van der Waals surface area contributed by atoms with Gasteiger partial charge in [0.25, 0.3) is 0 Å². The van der Waals surface area contributed by atoms with E-state index in [0.29, 0.717) is 5.15 Å². The van der Waals surface area contributed by atoms with Crippen LogP contribution in [0.4, 0.5) is 0 Å². The largest absolute Gasteiger partial charge is 0.477 e. The van der Waals surface area contributed by atoms with E-state index in [4.69, 9.17) is 16.7 Å². The minimum absolute atomic E-state index is 0.155. The summed E-state index contributed by atoms with van der Waals surface area (Å²) in [4.78, 5) is 17.4. The molecule has 2 N–H and O–H groups in total. The third kappa shape index (κ3) is 1.92. The molecule has 0 aliphatic rings. The fraction of sp³-hybridized carbons (Fsp3) is 0.0909. The van der Waals surface area contributed by atoms with Gasteiger partial charge in [0.2, 0.25) is 0 Å². The maximum atomic E-state index is 10.7. The molecule has 2 heterocycles. The number of hydrogen-bond donors (Lipinski definition) is 2. The summed E-state index contributed by atoms with van der Waals surface area (Å²) in [6.45, 7) is 1.89. The highest BCUT2D eigenvalue weighted by Crippen LogP contribution is 2.25. The average Bonchev–Trinajstić information content (AvgIpc) is 2.70. The van der Waals surface area contributed by atoms with Gasteiger partial charge in [0.15, 0.2) is 0 Å². The number of aromatic amines is 1. The molecule has 2 aromatic heterocycles. The predicted molar refractivity (Wildman–Crippen MR) is 60.7 cm³/mol. The molecule has 0 atom stereocenters. The van der Waals surface area contributed by atoms with Gasteiger partial charge < -0.3 is 10.1 Å². The van der Waals surface area contributed by atoms with E-state index in [9.17, 15) is 4.79 Å². The maximum absolute atomic E-state index is 10.7. The van der Waals surface area contributed by atoms with Crippen LogP contribution in [0.1, 0.15) is 16.1 Å². The van der Waals surface area contributed by atoms with E-state index in [1.165, 1.54) is 0 Å². The zero-order valence-corrected chi connectivity index (χ0v) is 9.25. The van der Waals surface area contributed by atoms with Gasteiger partial charge in [-0.3, -0.25) is 0 Å². The van der Waals surface area contributed by atoms with Crippen LogP contribution in [-0.4, -0.2) is 21.0 Å². The number of hydrogen-bond acceptors (Lipinski definition) is 2. The fourth-order valence-electron chi connectivity index (χ4n) is 1.48. The molecule has 2 aromatic rings. The van der Waals surface area contributed by atoms with Gasteiger partial charge in [0.05, 0.1) is 0 Å². The molecule has 0 saturated heterocycles. The lowest BCUT2D eigenvalue weighted by molar-refractivity contribution is 0.0691. The van der Waals surface area contributed by atoms with Gasteiger partial charge in [0.1, 0.15) is 10.8 Å². The summed E-state index contributed by atoms with van der Waals surface area (Å²) in [5.41, 5.74) is 2.77. The molecule has 5 heteroatoms. The van der Waals surface area contributed by atoms with E-state index in [-0.39, 0.29) is 5.69 Å². The summed E-state index contributed by atoms with van der Waals surface area (Å²) in [5, 5.41) is 9.19. The fourth-order valence-corrected chi connectivity index (χ4v) is 1.64. The Morgan fingerprint density at radius 3 is 2.88 bits per heavy atom. The Bertz CT molecular complexity index is 549. The number of aryl methyl sites for hydroxylation is 1. The highest BCUT2D eigenvalue weighted by atomic mass is 35.5. The first kappa shape index (κ1) is 10.7. The second kappa shape index (κ2) is 3.98. The van der Waals surface area contributed by atoms with Crippen LogP contribution in [-0.2, 0) is 0 Å². The van der Waals surface area contributed by atoms with E-state index in [1.54, 1.807) is 24.5 Å². The lowest BCUT2D eigenvalue weighted by atomic mass is 10.1. The van der Waals surface area contributed by atoms with Crippen molar-refractivity contribution in [3.63, 3.8) is 0 Å². The quantitative estimate of drug-likeness (QED) is 0.788. The summed E-state index contributed by atoms with van der Waals surface area (Å²) in [6.07, 6.45) is 3.30. The number of H-pyrrole nitrogens is 1. The molecule has 0 unspecified atom stereocenters. The van der Waals surface area contributed by atoms with Crippen molar-refractivity contribution in [1.29, 1.82) is 0 Å². The van der Waals surface area contributed by atoms with Crippen molar-refractivity contribution in [2.24, 2.45) is 0 Å². The summed E-state index contributed by atoms with van der Waals surface area (Å²) in [5.74, 6) is -0.982. The van der Waals surface area contributed by atoms with Crippen molar-refractivity contribution in [3.05, 3.63) is 40.9 Å². The first-order valence-electron chi connectivity index (χ1n) is 4.62. The number of pyridine rings is 1. The number of nitrogens with zero attached hydrogens (tertiary/aromatic N) is 1. The third-order valence-corrected chi connectivity index (χ3v) is 2.50. The minimum Gasteiger partial charge on any atom is -0.477 e. The molecule has 2 rings (SSSR count). The number of aromatic nitrogens is 2. The monoisotopic (exact) mass is 236 g/mol. The topological polar surface area (TPSA) is 66.0 Å². The van der Waals surface area contributed by atoms with Crippen LogP contribution in [0.3, 0.4) is 0 Å². The Morgan fingerprint density at radius 2 is 2.25 bits per heavy atom. The first-order valence-corrected chi connectivity index (χ1v) is 5.00. The minimum atomic E-state index is -0.982. The highest BCUT2D eigenvalue weighted by molar-refractivity contribution is 6.29. The number of aromatic carboxylic acids is 1. The lowest BCUT2D eigenvalue weighted by Crippen LogP contribution is -1.94. The average molecular weight is 237 g/mol. The maximum Gasteiger partial charge on any atom is 0.352 e. The number of halogens is 1. The van der Waals surface area contributed by atoms with Crippen LogP contribution in [0.2, 0.25) is 5.15 Å². The second-order valence-corrected chi connectivity index (χ2v) is 3.82. The molecular weight excluding hydrogens is 228 g/mol. The van der Waals surface area contributed by atoms with Crippen molar-refractivity contribution < 1.29 is 9.90 Å². The normalized spacial score (nSPS) is 10.4. The van der Waals surface area contributed by atoms with E-state index in [2.05, 4.69) is 9.97 Å². The molecule has 0 aliphatic carbocycles. The van der Waals surface area contributed by atoms with Gasteiger partial charge in [-0.15, -0.1) is 0 Å². The molecule has 0 fully saturated rings. The molecule has 0 amide bonds. The second-order valence-electron chi connectivity index (χ2n) is 3.43. The number of carbonyl (C=O) groups is 1. The molecule has 0 spiro atoms. The standard InChI is InChI=1S/C11H9ClN2O2/c1-6-4-14-10(12)3-8(6)7-2-9(11(15)16)13-5-7/h2-5,13H,1H3,(H,15,16). The van der Waals surface area contributed by atoms with Crippen LogP contribution in [0, 0.1) is 6.92 Å². The van der Waals surface area contributed by atoms with Gasteiger partial charge >= 0.3 is 5.97 Å². The van der Waals surface area contributed by atoms with Crippen molar-refractivity contribution in [2.75, 3.05) is 0 Å². The molecule has 16 heavy (non-hydrogen) atoms. The van der Waals surface area contributed by atoms with Crippen molar-refractivity contribution in [1.82, 2.24) is 9.97 Å². The molecule has 0 aliphatic heterocycles. The number of carboxylic acid groups (broad SMARTS) is 1. The number of carboxylic acids is 1. The predicted octanol–water partition coefficient (Wildman–Crippen LogP) is 2.74.